The van der Waals surface area contributed by atoms with Gasteiger partial charge >= 0.3 is 0 Å². The van der Waals surface area contributed by atoms with Crippen molar-refractivity contribution in [3.05, 3.63) is 151 Å². The molecule has 0 aliphatic heterocycles. The Labute approximate surface area is 230 Å². The molecule has 0 amide bonds. The third-order valence-electron chi connectivity index (χ3n) is 7.71. The molecule has 0 N–H and O–H groups in total. The van der Waals surface area contributed by atoms with Crippen LogP contribution >= 0.6 is 0 Å². The van der Waals surface area contributed by atoms with Crippen molar-refractivity contribution >= 4 is 27.8 Å². The smallest absolute Gasteiger partial charge is 0.0651 e. The van der Waals surface area contributed by atoms with Gasteiger partial charge in [0.15, 0.2) is 0 Å². The number of fused-ring (bicyclic) bond motifs is 4. The molecular weight excluding hydrogens is 458 g/mol. The molecule has 38 heavy (non-hydrogen) atoms. The van der Waals surface area contributed by atoms with E-state index in [0.29, 0.717) is 16.8 Å². The number of hydrogen-bond acceptors (Lipinski definition) is 1. The molecule has 0 bridgehead atoms. The maximum absolute atomic E-state index is 9.47. The fraction of sp³-hybridized carbons (Fsp3) is 0.0811. The van der Waals surface area contributed by atoms with E-state index in [2.05, 4.69) is 50.2 Å². The summed E-state index contributed by atoms with van der Waals surface area (Å²) in [7, 11) is 0. The Kier molecular flexibility index (Phi) is 4.28. The van der Waals surface area contributed by atoms with Crippen molar-refractivity contribution < 1.29 is 5.48 Å². The lowest BCUT2D eigenvalue weighted by Gasteiger charge is -2.28. The molecule has 6 aromatic carbocycles. The summed E-state index contributed by atoms with van der Waals surface area (Å²) in [5, 5.41) is 2.06. The predicted molar refractivity (Wildman–Crippen MR) is 162 cm³/mol. The van der Waals surface area contributed by atoms with E-state index >= 15 is 0 Å². The molecule has 1 aliphatic rings. The Morgan fingerprint density at radius 3 is 2.16 bits per heavy atom. The highest BCUT2D eigenvalue weighted by atomic mass is 15.1. The van der Waals surface area contributed by atoms with Gasteiger partial charge in [0.2, 0.25) is 0 Å². The van der Waals surface area contributed by atoms with Gasteiger partial charge in [0.05, 0.1) is 5.48 Å². The summed E-state index contributed by atoms with van der Waals surface area (Å²) in [5.74, 6) is 0. The van der Waals surface area contributed by atoms with E-state index < -0.39 is 0 Å². The molecule has 1 aliphatic carbocycles. The lowest BCUT2D eigenvalue weighted by atomic mass is 9.82. The summed E-state index contributed by atoms with van der Waals surface area (Å²) in [4.78, 5) is 1.91. The minimum Gasteiger partial charge on any atom is -0.310 e. The quantitative estimate of drug-likeness (QED) is 0.237. The Hall–Kier alpha value is -4.62. The topological polar surface area (TPSA) is 3.24 Å². The van der Waals surface area contributed by atoms with Crippen LogP contribution < -0.4 is 4.90 Å². The zero-order valence-electron chi connectivity index (χ0n) is 25.4. The molecule has 0 fully saturated rings. The molecule has 0 heterocycles. The third kappa shape index (κ3) is 3.63. The number of hydrogen-bond donors (Lipinski definition) is 0. The summed E-state index contributed by atoms with van der Waals surface area (Å²) in [6.45, 7) is 4.46. The van der Waals surface area contributed by atoms with E-state index in [0.717, 1.165) is 22.1 Å². The lowest BCUT2D eigenvalue weighted by Crippen LogP contribution is -2.16. The monoisotopic (exact) mass is 491 g/mol. The second-order valence-corrected chi connectivity index (χ2v) is 10.4. The van der Waals surface area contributed by atoms with E-state index in [1.54, 1.807) is 0 Å². The van der Waals surface area contributed by atoms with Gasteiger partial charge in [-0.1, -0.05) is 111 Å². The predicted octanol–water partition coefficient (Wildman–Crippen LogP) is 10.3. The van der Waals surface area contributed by atoms with Gasteiger partial charge in [0.25, 0.3) is 0 Å². The van der Waals surface area contributed by atoms with Crippen LogP contribution in [0.15, 0.2) is 139 Å². The van der Waals surface area contributed by atoms with Gasteiger partial charge in [-0.25, -0.2) is 0 Å². The molecule has 0 unspecified atom stereocenters. The highest BCUT2D eigenvalue weighted by Gasteiger charge is 2.35. The van der Waals surface area contributed by atoms with Gasteiger partial charge in [-0.3, -0.25) is 0 Å². The van der Waals surface area contributed by atoms with Crippen molar-refractivity contribution in [2.75, 3.05) is 4.90 Å². The summed E-state index contributed by atoms with van der Waals surface area (Å²) < 4.78 is 36.2. The normalized spacial score (nSPS) is 14.7. The van der Waals surface area contributed by atoms with Crippen molar-refractivity contribution in [1.29, 1.82) is 0 Å². The number of para-hydroxylation sites is 1. The van der Waals surface area contributed by atoms with E-state index in [-0.39, 0.29) is 29.6 Å². The van der Waals surface area contributed by atoms with Crippen molar-refractivity contribution in [3.63, 3.8) is 0 Å². The number of benzene rings is 6. The van der Waals surface area contributed by atoms with Gasteiger partial charge in [0.1, 0.15) is 0 Å². The maximum atomic E-state index is 9.47. The van der Waals surface area contributed by atoms with Crippen LogP contribution in [0.5, 0.6) is 0 Å². The SMILES string of the molecule is [2H]c1c([2H])c(-c2ccc3ccccc3c2)c([2H])c(N(c2ccccc2)c2ccc3c(c2)C(C)(C)c2ccccc2-3)c1[2H]. The van der Waals surface area contributed by atoms with Gasteiger partial charge in [-0.05, 0) is 86.6 Å². The summed E-state index contributed by atoms with van der Waals surface area (Å²) in [6, 6.07) is 38.0. The first-order valence-electron chi connectivity index (χ1n) is 15.0. The van der Waals surface area contributed by atoms with Crippen LogP contribution in [0.2, 0.25) is 0 Å². The van der Waals surface area contributed by atoms with Crippen LogP contribution in [-0.4, -0.2) is 0 Å². The minimum absolute atomic E-state index is 0.0585. The molecule has 0 saturated heterocycles. The second kappa shape index (κ2) is 8.75. The van der Waals surface area contributed by atoms with Crippen molar-refractivity contribution in [3.8, 4) is 22.3 Å². The molecule has 1 heteroatoms. The summed E-state index contributed by atoms with van der Waals surface area (Å²) in [5.41, 5.74) is 7.57. The average molecular weight is 492 g/mol. The Bertz CT molecular complexity index is 2010. The van der Waals surface area contributed by atoms with E-state index in [1.165, 1.54) is 22.3 Å². The van der Waals surface area contributed by atoms with Crippen LogP contribution in [0.1, 0.15) is 30.5 Å². The fourth-order valence-corrected chi connectivity index (χ4v) is 5.75. The van der Waals surface area contributed by atoms with Gasteiger partial charge in [-0.2, -0.15) is 0 Å². The Morgan fingerprint density at radius 2 is 1.29 bits per heavy atom. The lowest BCUT2D eigenvalue weighted by molar-refractivity contribution is 0.660. The first-order chi connectivity index (χ1) is 20.3. The molecule has 0 aromatic heterocycles. The molecule has 0 radical (unpaired) electrons. The largest absolute Gasteiger partial charge is 0.310 e. The van der Waals surface area contributed by atoms with Gasteiger partial charge in [0, 0.05) is 22.5 Å². The van der Waals surface area contributed by atoms with E-state index in [4.69, 9.17) is 4.11 Å². The molecule has 0 saturated carbocycles. The highest BCUT2D eigenvalue weighted by molar-refractivity contribution is 5.89. The zero-order chi connectivity index (χ0) is 29.2. The Balaban J connectivity index is 1.48. The summed E-state index contributed by atoms with van der Waals surface area (Å²) >= 11 is 0. The molecular formula is C37H29N. The zero-order valence-corrected chi connectivity index (χ0v) is 21.4. The summed E-state index contributed by atoms with van der Waals surface area (Å²) in [6.07, 6.45) is 0. The fourth-order valence-electron chi connectivity index (χ4n) is 5.75. The van der Waals surface area contributed by atoms with Crippen LogP contribution in [0.3, 0.4) is 0 Å². The first-order valence-corrected chi connectivity index (χ1v) is 13.0. The van der Waals surface area contributed by atoms with Crippen LogP contribution in [0.25, 0.3) is 33.0 Å². The third-order valence-corrected chi connectivity index (χ3v) is 7.71. The van der Waals surface area contributed by atoms with Crippen LogP contribution in [0.4, 0.5) is 17.1 Å². The standard InChI is InChI=1S/C37H29N/c1-37(2)35-18-9-8-17-33(35)34-22-21-32(25-36(34)37)38(30-14-4-3-5-15-30)31-16-10-13-28(24-31)29-20-19-26-11-6-7-12-27(26)23-29/h3-25H,1-2H3/i10D,13D,16D,24D. The average Bonchev–Trinajstić information content (AvgIpc) is 3.24. The number of anilines is 3. The maximum Gasteiger partial charge on any atom is 0.0651 e. The molecule has 1 nitrogen and oxygen atoms in total. The minimum atomic E-state index is -0.222. The van der Waals surface area contributed by atoms with Crippen molar-refractivity contribution in [2.24, 2.45) is 0 Å². The molecule has 0 atom stereocenters. The molecule has 182 valence electrons. The number of rotatable bonds is 4. The number of nitrogens with zero attached hydrogens (tertiary/aromatic N) is 1. The first kappa shape index (κ1) is 18.6. The highest BCUT2D eigenvalue weighted by Crippen LogP contribution is 2.50. The second-order valence-electron chi connectivity index (χ2n) is 10.4. The van der Waals surface area contributed by atoms with E-state index in [9.17, 15) is 1.37 Å². The molecule has 0 spiro atoms. The van der Waals surface area contributed by atoms with Gasteiger partial charge < -0.3 is 4.90 Å². The van der Waals surface area contributed by atoms with Crippen molar-refractivity contribution in [1.82, 2.24) is 0 Å². The van der Waals surface area contributed by atoms with Gasteiger partial charge in [-0.15, -0.1) is 0 Å². The van der Waals surface area contributed by atoms with Crippen LogP contribution in [-0.2, 0) is 5.41 Å². The molecule has 6 aromatic rings. The van der Waals surface area contributed by atoms with Crippen molar-refractivity contribution in [2.45, 2.75) is 19.3 Å². The molecule has 7 rings (SSSR count). The van der Waals surface area contributed by atoms with E-state index in [1.807, 2.05) is 83.8 Å². The van der Waals surface area contributed by atoms with Crippen LogP contribution in [0, 0.1) is 0 Å². The Morgan fingerprint density at radius 1 is 0.553 bits per heavy atom.